The van der Waals surface area contributed by atoms with Gasteiger partial charge in [-0.05, 0) is 25.7 Å². The molecule has 3 unspecified atom stereocenters. The lowest BCUT2D eigenvalue weighted by molar-refractivity contribution is 0.449. The van der Waals surface area contributed by atoms with Crippen molar-refractivity contribution in [3.8, 4) is 0 Å². The quantitative estimate of drug-likeness (QED) is 0.768. The predicted molar refractivity (Wildman–Crippen MR) is 75.3 cm³/mol. The van der Waals surface area contributed by atoms with E-state index in [1.54, 1.807) is 0 Å². The highest BCUT2D eigenvalue weighted by atomic mass is 32.2. The summed E-state index contributed by atoms with van der Waals surface area (Å²) in [6.07, 6.45) is 5.07. The first-order valence-electron chi connectivity index (χ1n) is 6.63. The summed E-state index contributed by atoms with van der Waals surface area (Å²) in [5.74, 6) is 0.806. The molecule has 94 valence electrons. The van der Waals surface area contributed by atoms with Crippen molar-refractivity contribution in [3.05, 3.63) is 0 Å². The molecule has 0 spiro atoms. The van der Waals surface area contributed by atoms with Crippen molar-refractivity contribution >= 4 is 16.9 Å². The third-order valence-electron chi connectivity index (χ3n) is 3.15. The molecule has 1 heterocycles. The Kier molecular flexibility index (Phi) is 6.25. The van der Waals surface area contributed by atoms with Crippen molar-refractivity contribution in [2.75, 3.05) is 6.54 Å². The van der Waals surface area contributed by atoms with Crippen LogP contribution < -0.4 is 5.32 Å². The Bertz CT molecular complexity index is 228. The number of hydrogen-bond donors (Lipinski definition) is 1. The summed E-state index contributed by atoms with van der Waals surface area (Å²) in [5, 5.41) is 5.45. The van der Waals surface area contributed by atoms with Crippen LogP contribution in [0.25, 0.3) is 0 Å². The first-order chi connectivity index (χ1) is 7.65. The van der Waals surface area contributed by atoms with Crippen LogP contribution in [0.2, 0.25) is 0 Å². The zero-order valence-corrected chi connectivity index (χ0v) is 11.9. The van der Waals surface area contributed by atoms with Crippen molar-refractivity contribution in [2.24, 2.45) is 10.9 Å². The molecule has 2 nitrogen and oxygen atoms in total. The van der Waals surface area contributed by atoms with E-state index in [1.807, 2.05) is 11.8 Å². The Labute approximate surface area is 105 Å². The van der Waals surface area contributed by atoms with Gasteiger partial charge in [0.2, 0.25) is 0 Å². The number of hydrogen-bond acceptors (Lipinski definition) is 3. The van der Waals surface area contributed by atoms with E-state index in [4.69, 9.17) is 0 Å². The molecule has 1 aliphatic rings. The van der Waals surface area contributed by atoms with Gasteiger partial charge >= 0.3 is 0 Å². The highest BCUT2D eigenvalue weighted by Gasteiger charge is 2.20. The third-order valence-corrected chi connectivity index (χ3v) is 4.34. The van der Waals surface area contributed by atoms with Crippen LogP contribution in [-0.4, -0.2) is 23.0 Å². The minimum Gasteiger partial charge on any atom is -0.362 e. The van der Waals surface area contributed by atoms with Gasteiger partial charge in [0, 0.05) is 11.3 Å². The van der Waals surface area contributed by atoms with Crippen LogP contribution in [0.1, 0.15) is 53.4 Å². The number of nitrogens with one attached hydrogen (secondary N) is 1. The number of rotatable bonds is 6. The van der Waals surface area contributed by atoms with Crippen LogP contribution in [0.15, 0.2) is 4.99 Å². The molecular weight excluding hydrogens is 216 g/mol. The summed E-state index contributed by atoms with van der Waals surface area (Å²) < 4.78 is 0. The molecule has 0 saturated carbocycles. The van der Waals surface area contributed by atoms with Crippen molar-refractivity contribution < 1.29 is 0 Å². The van der Waals surface area contributed by atoms with E-state index in [1.165, 1.54) is 30.9 Å². The zero-order valence-electron chi connectivity index (χ0n) is 11.1. The SMILES string of the molecule is CCCC1CN=C(NC(C)CC(C)CC)S1. The topological polar surface area (TPSA) is 24.4 Å². The minimum absolute atomic E-state index is 0.557. The smallest absolute Gasteiger partial charge is 0.157 e. The highest BCUT2D eigenvalue weighted by Crippen LogP contribution is 2.24. The summed E-state index contributed by atoms with van der Waals surface area (Å²) in [7, 11) is 0. The molecule has 3 heteroatoms. The summed E-state index contributed by atoms with van der Waals surface area (Å²) in [6.45, 7) is 10.1. The van der Waals surface area contributed by atoms with Gasteiger partial charge in [-0.1, -0.05) is 45.4 Å². The van der Waals surface area contributed by atoms with Crippen LogP contribution in [0.5, 0.6) is 0 Å². The molecule has 1 rings (SSSR count). The van der Waals surface area contributed by atoms with Gasteiger partial charge in [-0.3, -0.25) is 4.99 Å². The monoisotopic (exact) mass is 242 g/mol. The van der Waals surface area contributed by atoms with Gasteiger partial charge in [0.05, 0.1) is 6.54 Å². The standard InChI is InChI=1S/C13H26N2S/c1-5-7-12-9-14-13(16-12)15-11(4)8-10(3)6-2/h10-12H,5-9H2,1-4H3,(H,14,15). The lowest BCUT2D eigenvalue weighted by Crippen LogP contribution is -2.31. The Balaban J connectivity index is 2.23. The Hall–Kier alpha value is -0.180. The van der Waals surface area contributed by atoms with Crippen LogP contribution in [-0.2, 0) is 0 Å². The molecule has 0 aromatic carbocycles. The summed E-state index contributed by atoms with van der Waals surface area (Å²) in [5.41, 5.74) is 0. The van der Waals surface area contributed by atoms with Gasteiger partial charge in [0.15, 0.2) is 5.17 Å². The molecule has 0 radical (unpaired) electrons. The minimum atomic E-state index is 0.557. The van der Waals surface area contributed by atoms with E-state index in [9.17, 15) is 0 Å². The fraction of sp³-hybridized carbons (Fsp3) is 0.923. The summed E-state index contributed by atoms with van der Waals surface area (Å²) in [6, 6.07) is 0.557. The first-order valence-corrected chi connectivity index (χ1v) is 7.51. The van der Waals surface area contributed by atoms with Gasteiger partial charge in [0.1, 0.15) is 0 Å². The van der Waals surface area contributed by atoms with Crippen LogP contribution >= 0.6 is 11.8 Å². The average Bonchev–Trinajstić information content (AvgIpc) is 2.65. The molecule has 0 aromatic rings. The fourth-order valence-corrected chi connectivity index (χ4v) is 3.25. The Morgan fingerprint density at radius 3 is 2.81 bits per heavy atom. The summed E-state index contributed by atoms with van der Waals surface area (Å²) >= 11 is 1.94. The van der Waals surface area contributed by atoms with Crippen LogP contribution in [0.4, 0.5) is 0 Å². The maximum Gasteiger partial charge on any atom is 0.157 e. The predicted octanol–water partition coefficient (Wildman–Crippen LogP) is 3.67. The summed E-state index contributed by atoms with van der Waals surface area (Å²) in [4.78, 5) is 4.58. The molecule has 0 fully saturated rings. The third kappa shape index (κ3) is 4.77. The van der Waals surface area contributed by atoms with Gasteiger partial charge in [-0.2, -0.15) is 0 Å². The largest absolute Gasteiger partial charge is 0.362 e. The molecule has 0 aromatic heterocycles. The Morgan fingerprint density at radius 2 is 2.19 bits per heavy atom. The first kappa shape index (κ1) is 13.9. The van der Waals surface area contributed by atoms with E-state index in [-0.39, 0.29) is 0 Å². The number of thioether (sulfide) groups is 1. The number of amidine groups is 1. The van der Waals surface area contributed by atoms with E-state index in [2.05, 4.69) is 38.0 Å². The molecule has 3 atom stereocenters. The van der Waals surface area contributed by atoms with Crippen molar-refractivity contribution in [2.45, 2.75) is 64.7 Å². The number of nitrogens with zero attached hydrogens (tertiary/aromatic N) is 1. The maximum absolute atomic E-state index is 4.58. The highest BCUT2D eigenvalue weighted by molar-refractivity contribution is 8.14. The van der Waals surface area contributed by atoms with Gasteiger partial charge < -0.3 is 5.32 Å². The molecule has 0 aliphatic carbocycles. The Morgan fingerprint density at radius 1 is 1.44 bits per heavy atom. The van der Waals surface area contributed by atoms with E-state index in [0.717, 1.165) is 17.7 Å². The normalized spacial score (nSPS) is 24.0. The van der Waals surface area contributed by atoms with Crippen molar-refractivity contribution in [1.29, 1.82) is 0 Å². The molecule has 0 amide bonds. The second kappa shape index (κ2) is 7.21. The second-order valence-corrected chi connectivity index (χ2v) is 6.26. The second-order valence-electron chi connectivity index (χ2n) is 4.97. The van der Waals surface area contributed by atoms with Gasteiger partial charge in [0.25, 0.3) is 0 Å². The molecule has 16 heavy (non-hydrogen) atoms. The van der Waals surface area contributed by atoms with Gasteiger partial charge in [-0.15, -0.1) is 0 Å². The lowest BCUT2D eigenvalue weighted by Gasteiger charge is -2.18. The molecular formula is C13H26N2S. The van der Waals surface area contributed by atoms with Gasteiger partial charge in [-0.25, -0.2) is 0 Å². The van der Waals surface area contributed by atoms with E-state index < -0.39 is 0 Å². The van der Waals surface area contributed by atoms with Crippen molar-refractivity contribution in [3.63, 3.8) is 0 Å². The number of aliphatic imine (C=N–C) groups is 1. The average molecular weight is 242 g/mol. The maximum atomic E-state index is 4.58. The van der Waals surface area contributed by atoms with Crippen LogP contribution in [0.3, 0.4) is 0 Å². The molecule has 1 aliphatic heterocycles. The fourth-order valence-electron chi connectivity index (χ4n) is 2.01. The van der Waals surface area contributed by atoms with E-state index in [0.29, 0.717) is 6.04 Å². The molecule has 1 N–H and O–H groups in total. The molecule has 0 saturated heterocycles. The molecule has 0 bridgehead atoms. The van der Waals surface area contributed by atoms with Crippen LogP contribution in [0, 0.1) is 5.92 Å². The zero-order chi connectivity index (χ0) is 12.0. The van der Waals surface area contributed by atoms with E-state index >= 15 is 0 Å². The lowest BCUT2D eigenvalue weighted by atomic mass is 10.0. The van der Waals surface area contributed by atoms with Crippen molar-refractivity contribution in [1.82, 2.24) is 5.32 Å².